The Morgan fingerprint density at radius 1 is 1.03 bits per heavy atom. The van der Waals surface area contributed by atoms with Crippen LogP contribution in [0, 0.1) is 12.8 Å². The van der Waals surface area contributed by atoms with Crippen molar-refractivity contribution >= 4 is 21.8 Å². The van der Waals surface area contributed by atoms with E-state index in [0.29, 0.717) is 18.8 Å². The van der Waals surface area contributed by atoms with Gasteiger partial charge in [-0.2, -0.15) is 4.31 Å². The van der Waals surface area contributed by atoms with Gasteiger partial charge in [-0.3, -0.25) is 9.59 Å². The van der Waals surface area contributed by atoms with Crippen molar-refractivity contribution in [1.29, 1.82) is 0 Å². The van der Waals surface area contributed by atoms with Gasteiger partial charge in [0.1, 0.15) is 17.6 Å². The first-order valence-corrected chi connectivity index (χ1v) is 12.2. The summed E-state index contributed by atoms with van der Waals surface area (Å²) >= 11 is 0. The van der Waals surface area contributed by atoms with Crippen LogP contribution < -0.4 is 10.6 Å². The van der Waals surface area contributed by atoms with Crippen molar-refractivity contribution in [2.24, 2.45) is 5.92 Å². The number of nitrogens with one attached hydrogen (secondary N) is 2. The highest BCUT2D eigenvalue weighted by molar-refractivity contribution is 7.89. The molecule has 2 rings (SSSR count). The minimum Gasteiger partial charge on any atom is -0.464 e. The fourth-order valence-electron chi connectivity index (χ4n) is 3.33. The standard InChI is InChI=1S/C23H33N3O5S/c1-7-26(8-2)32(29,30)19-11-9-10-18(14-19)22(27)25-21(15(3)4)23(28)24-17(6)20-13-12-16(5)31-20/h9-15,17,21H,7-8H2,1-6H3,(H,24,28)(H,25,27). The summed E-state index contributed by atoms with van der Waals surface area (Å²) in [6.07, 6.45) is 0. The Hall–Kier alpha value is -2.65. The lowest BCUT2D eigenvalue weighted by Gasteiger charge is -2.24. The van der Waals surface area contributed by atoms with Crippen molar-refractivity contribution in [2.45, 2.75) is 58.5 Å². The largest absolute Gasteiger partial charge is 0.464 e. The first-order chi connectivity index (χ1) is 15.0. The number of rotatable bonds is 10. The molecular formula is C23H33N3O5S. The van der Waals surface area contributed by atoms with Gasteiger partial charge in [-0.1, -0.05) is 33.8 Å². The number of sulfonamides is 1. The molecule has 0 radical (unpaired) electrons. The van der Waals surface area contributed by atoms with Crippen LogP contribution in [0.25, 0.3) is 0 Å². The van der Waals surface area contributed by atoms with Crippen molar-refractivity contribution in [1.82, 2.24) is 14.9 Å². The summed E-state index contributed by atoms with van der Waals surface area (Å²) in [7, 11) is -3.70. The number of carbonyl (C=O) groups excluding carboxylic acids is 2. The molecule has 0 saturated heterocycles. The second kappa shape index (κ2) is 10.8. The average molecular weight is 464 g/mol. The Labute approximate surface area is 190 Å². The molecule has 0 fully saturated rings. The first kappa shape index (κ1) is 25.6. The Kier molecular flexibility index (Phi) is 8.63. The van der Waals surface area contributed by atoms with E-state index in [-0.39, 0.29) is 28.3 Å². The van der Waals surface area contributed by atoms with Gasteiger partial charge in [0.25, 0.3) is 5.91 Å². The molecule has 0 bridgehead atoms. The van der Waals surface area contributed by atoms with Crippen LogP contribution >= 0.6 is 0 Å². The summed E-state index contributed by atoms with van der Waals surface area (Å²) in [6.45, 7) is 11.5. The van der Waals surface area contributed by atoms with Gasteiger partial charge in [-0.05, 0) is 50.1 Å². The van der Waals surface area contributed by atoms with Crippen molar-refractivity contribution in [3.8, 4) is 0 Å². The van der Waals surface area contributed by atoms with Crippen LogP contribution in [0.5, 0.6) is 0 Å². The monoisotopic (exact) mass is 463 g/mol. The molecule has 2 unspecified atom stereocenters. The molecule has 2 atom stereocenters. The van der Waals surface area contributed by atoms with Gasteiger partial charge in [0, 0.05) is 18.7 Å². The number of hydrogen-bond donors (Lipinski definition) is 2. The summed E-state index contributed by atoms with van der Waals surface area (Å²) in [5.74, 6) is 0.319. The van der Waals surface area contributed by atoms with Gasteiger partial charge in [0.2, 0.25) is 15.9 Å². The molecule has 0 aliphatic rings. The normalized spacial score (nSPS) is 13.8. The predicted molar refractivity (Wildman–Crippen MR) is 123 cm³/mol. The fraction of sp³-hybridized carbons (Fsp3) is 0.478. The zero-order valence-corrected chi connectivity index (χ0v) is 20.3. The first-order valence-electron chi connectivity index (χ1n) is 10.8. The number of aryl methyl sites for hydroxylation is 1. The topological polar surface area (TPSA) is 109 Å². The molecule has 2 amide bonds. The zero-order chi connectivity index (χ0) is 24.1. The fourth-order valence-corrected chi connectivity index (χ4v) is 4.83. The van der Waals surface area contributed by atoms with Crippen LogP contribution in [0.2, 0.25) is 0 Å². The molecule has 176 valence electrons. The predicted octanol–water partition coefficient (Wildman–Crippen LogP) is 3.25. The second-order valence-corrected chi connectivity index (χ2v) is 9.93. The number of nitrogens with zero attached hydrogens (tertiary/aromatic N) is 1. The van der Waals surface area contributed by atoms with Crippen LogP contribution in [0.4, 0.5) is 0 Å². The Morgan fingerprint density at radius 3 is 2.22 bits per heavy atom. The van der Waals surface area contributed by atoms with Crippen molar-refractivity contribution in [3.05, 3.63) is 53.5 Å². The van der Waals surface area contributed by atoms with E-state index < -0.39 is 22.0 Å². The van der Waals surface area contributed by atoms with E-state index in [1.807, 2.05) is 26.8 Å². The van der Waals surface area contributed by atoms with Crippen molar-refractivity contribution in [3.63, 3.8) is 0 Å². The van der Waals surface area contributed by atoms with Crippen LogP contribution in [0.15, 0.2) is 45.7 Å². The number of benzene rings is 1. The Balaban J connectivity index is 2.18. The highest BCUT2D eigenvalue weighted by atomic mass is 32.2. The van der Waals surface area contributed by atoms with Crippen molar-refractivity contribution < 1.29 is 22.4 Å². The van der Waals surface area contributed by atoms with E-state index >= 15 is 0 Å². The third-order valence-electron chi connectivity index (χ3n) is 5.22. The maximum Gasteiger partial charge on any atom is 0.251 e. The summed E-state index contributed by atoms with van der Waals surface area (Å²) in [5, 5.41) is 5.60. The van der Waals surface area contributed by atoms with E-state index in [4.69, 9.17) is 4.42 Å². The minimum absolute atomic E-state index is 0.0428. The maximum absolute atomic E-state index is 12.9. The van der Waals surface area contributed by atoms with E-state index in [2.05, 4.69) is 10.6 Å². The Morgan fingerprint density at radius 2 is 1.69 bits per heavy atom. The number of carbonyl (C=O) groups is 2. The second-order valence-electron chi connectivity index (χ2n) is 7.99. The molecule has 1 aromatic carbocycles. The number of hydrogen-bond acceptors (Lipinski definition) is 5. The molecule has 0 aliphatic heterocycles. The smallest absolute Gasteiger partial charge is 0.251 e. The van der Waals surface area contributed by atoms with Gasteiger partial charge in [-0.15, -0.1) is 0 Å². The van der Waals surface area contributed by atoms with E-state index in [1.165, 1.54) is 28.6 Å². The molecule has 1 aromatic heterocycles. The molecule has 0 saturated carbocycles. The minimum atomic E-state index is -3.70. The molecule has 9 heteroatoms. The molecule has 1 heterocycles. The Bertz CT molecular complexity index is 1040. The maximum atomic E-state index is 12.9. The van der Waals surface area contributed by atoms with Gasteiger partial charge in [0.05, 0.1) is 10.9 Å². The zero-order valence-electron chi connectivity index (χ0n) is 19.5. The van der Waals surface area contributed by atoms with Crippen LogP contribution in [-0.4, -0.2) is 43.7 Å². The summed E-state index contributed by atoms with van der Waals surface area (Å²) in [6, 6.07) is 8.30. The average Bonchev–Trinajstić information content (AvgIpc) is 3.18. The van der Waals surface area contributed by atoms with E-state index in [1.54, 1.807) is 26.8 Å². The van der Waals surface area contributed by atoms with E-state index in [9.17, 15) is 18.0 Å². The lowest BCUT2D eigenvalue weighted by Crippen LogP contribution is -2.50. The number of furan rings is 1. The van der Waals surface area contributed by atoms with Gasteiger partial charge in [-0.25, -0.2) is 8.42 Å². The van der Waals surface area contributed by atoms with E-state index in [0.717, 1.165) is 5.76 Å². The molecule has 0 aliphatic carbocycles. The third kappa shape index (κ3) is 5.98. The molecule has 2 aromatic rings. The van der Waals surface area contributed by atoms with Crippen molar-refractivity contribution in [2.75, 3.05) is 13.1 Å². The molecule has 2 N–H and O–H groups in total. The SMILES string of the molecule is CCN(CC)S(=O)(=O)c1cccc(C(=O)NC(C(=O)NC(C)c2ccc(C)o2)C(C)C)c1. The van der Waals surface area contributed by atoms with Gasteiger partial charge < -0.3 is 15.1 Å². The van der Waals surface area contributed by atoms with Gasteiger partial charge in [0.15, 0.2) is 0 Å². The lowest BCUT2D eigenvalue weighted by molar-refractivity contribution is -0.124. The van der Waals surface area contributed by atoms with Crippen LogP contribution in [0.3, 0.4) is 0 Å². The highest BCUT2D eigenvalue weighted by Gasteiger charge is 2.28. The molecule has 8 nitrogen and oxygen atoms in total. The number of amides is 2. The molecule has 32 heavy (non-hydrogen) atoms. The molecular weight excluding hydrogens is 430 g/mol. The van der Waals surface area contributed by atoms with Crippen LogP contribution in [0.1, 0.15) is 62.5 Å². The summed E-state index contributed by atoms with van der Waals surface area (Å²) in [5.41, 5.74) is 0.173. The summed E-state index contributed by atoms with van der Waals surface area (Å²) in [4.78, 5) is 25.8. The van der Waals surface area contributed by atoms with Crippen LogP contribution in [-0.2, 0) is 14.8 Å². The third-order valence-corrected chi connectivity index (χ3v) is 7.27. The molecule has 0 spiro atoms. The highest BCUT2D eigenvalue weighted by Crippen LogP contribution is 2.18. The lowest BCUT2D eigenvalue weighted by atomic mass is 10.0. The van der Waals surface area contributed by atoms with Gasteiger partial charge >= 0.3 is 0 Å². The summed E-state index contributed by atoms with van der Waals surface area (Å²) < 4.78 is 32.5. The quantitative estimate of drug-likeness (QED) is 0.562.